The van der Waals surface area contributed by atoms with Gasteiger partial charge in [0.2, 0.25) is 0 Å². The summed E-state index contributed by atoms with van der Waals surface area (Å²) in [4.78, 5) is 4.27. The average molecular weight is 345 g/mol. The van der Waals surface area contributed by atoms with E-state index in [9.17, 15) is 4.39 Å². The molecule has 0 aliphatic rings. The van der Waals surface area contributed by atoms with E-state index in [0.717, 1.165) is 23.6 Å². The van der Waals surface area contributed by atoms with E-state index < -0.39 is 0 Å². The predicted octanol–water partition coefficient (Wildman–Crippen LogP) is 2.78. The first-order chi connectivity index (χ1) is 11.8. The molecule has 0 bridgehead atoms. The van der Waals surface area contributed by atoms with Crippen LogP contribution in [0.15, 0.2) is 23.2 Å². The Hall–Kier alpha value is -2.37. The molecule has 2 aromatic rings. The van der Waals surface area contributed by atoms with Crippen molar-refractivity contribution in [3.8, 4) is 0 Å². The van der Waals surface area contributed by atoms with Crippen LogP contribution in [0.1, 0.15) is 35.0 Å². The summed E-state index contributed by atoms with van der Waals surface area (Å²) in [6.45, 7) is 8.62. The van der Waals surface area contributed by atoms with Gasteiger partial charge in [-0.15, -0.1) is 0 Å². The highest BCUT2D eigenvalue weighted by Crippen LogP contribution is 2.14. The molecule has 1 heterocycles. The molecular weight excluding hydrogens is 317 g/mol. The molecule has 0 saturated heterocycles. The van der Waals surface area contributed by atoms with E-state index in [1.807, 2.05) is 24.7 Å². The Labute approximate surface area is 149 Å². The highest BCUT2D eigenvalue weighted by molar-refractivity contribution is 5.79. The number of benzene rings is 1. The predicted molar refractivity (Wildman–Crippen MR) is 100 cm³/mol. The van der Waals surface area contributed by atoms with Crippen molar-refractivity contribution in [2.24, 2.45) is 12.0 Å². The minimum absolute atomic E-state index is 0.179. The van der Waals surface area contributed by atoms with Crippen LogP contribution in [0.2, 0.25) is 0 Å². The van der Waals surface area contributed by atoms with E-state index in [1.54, 1.807) is 20.0 Å². The van der Waals surface area contributed by atoms with Crippen molar-refractivity contribution in [2.75, 3.05) is 7.05 Å². The number of aryl methyl sites for hydroxylation is 3. The molecule has 0 aliphatic carbocycles. The Balaban J connectivity index is 1.93. The van der Waals surface area contributed by atoms with E-state index in [0.29, 0.717) is 12.1 Å². The molecule has 0 radical (unpaired) electrons. The fourth-order valence-corrected chi connectivity index (χ4v) is 2.90. The first kappa shape index (κ1) is 19.0. The lowest BCUT2D eigenvalue weighted by Crippen LogP contribution is -2.42. The van der Waals surface area contributed by atoms with Crippen molar-refractivity contribution >= 4 is 5.96 Å². The molecule has 25 heavy (non-hydrogen) atoms. The average Bonchev–Trinajstić information content (AvgIpc) is 2.80. The van der Waals surface area contributed by atoms with Gasteiger partial charge >= 0.3 is 0 Å². The summed E-state index contributed by atoms with van der Waals surface area (Å²) in [6, 6.07) is 5.34. The summed E-state index contributed by atoms with van der Waals surface area (Å²) < 4.78 is 15.3. The third-order valence-electron chi connectivity index (χ3n) is 4.46. The summed E-state index contributed by atoms with van der Waals surface area (Å²) in [5, 5.41) is 11.1. The maximum Gasteiger partial charge on any atom is 0.191 e. The normalized spacial score (nSPS) is 13.0. The van der Waals surface area contributed by atoms with E-state index in [1.165, 1.54) is 17.3 Å². The molecule has 1 aromatic carbocycles. The first-order valence-electron chi connectivity index (χ1n) is 8.53. The van der Waals surface area contributed by atoms with Gasteiger partial charge in [0.15, 0.2) is 5.96 Å². The van der Waals surface area contributed by atoms with Crippen LogP contribution >= 0.6 is 0 Å². The minimum Gasteiger partial charge on any atom is -0.354 e. The van der Waals surface area contributed by atoms with Gasteiger partial charge in [0, 0.05) is 32.4 Å². The third kappa shape index (κ3) is 4.81. The molecule has 0 spiro atoms. The monoisotopic (exact) mass is 345 g/mol. The number of nitrogens with zero attached hydrogens (tertiary/aromatic N) is 3. The number of aromatic nitrogens is 2. The third-order valence-corrected chi connectivity index (χ3v) is 4.46. The topological polar surface area (TPSA) is 54.2 Å². The lowest BCUT2D eigenvalue weighted by molar-refractivity contribution is 0.616. The van der Waals surface area contributed by atoms with Crippen LogP contribution in [0, 0.1) is 26.6 Å². The fourth-order valence-electron chi connectivity index (χ4n) is 2.90. The number of nitrogens with one attached hydrogen (secondary N) is 2. The Morgan fingerprint density at radius 1 is 1.32 bits per heavy atom. The van der Waals surface area contributed by atoms with Crippen molar-refractivity contribution in [1.82, 2.24) is 20.4 Å². The van der Waals surface area contributed by atoms with Gasteiger partial charge in [-0.2, -0.15) is 5.10 Å². The molecule has 1 unspecified atom stereocenters. The SMILES string of the molecule is CN=C(NCc1ccc(F)c(C)c1)NC(C)Cc1c(C)nn(C)c1C. The van der Waals surface area contributed by atoms with Crippen molar-refractivity contribution < 1.29 is 4.39 Å². The van der Waals surface area contributed by atoms with Gasteiger partial charge in [0.25, 0.3) is 0 Å². The minimum atomic E-state index is -0.179. The number of halogens is 1. The molecular formula is C19H28FN5. The number of aliphatic imine (C=N–C) groups is 1. The van der Waals surface area contributed by atoms with Crippen molar-refractivity contribution in [1.29, 1.82) is 0 Å². The zero-order valence-electron chi connectivity index (χ0n) is 15.9. The Kier molecular flexibility index (Phi) is 6.17. The molecule has 6 heteroatoms. The Morgan fingerprint density at radius 2 is 2.04 bits per heavy atom. The molecule has 2 N–H and O–H groups in total. The molecule has 2 rings (SSSR count). The summed E-state index contributed by atoms with van der Waals surface area (Å²) >= 11 is 0. The van der Waals surface area contributed by atoms with E-state index in [-0.39, 0.29) is 11.9 Å². The van der Waals surface area contributed by atoms with Gasteiger partial charge in [-0.1, -0.05) is 12.1 Å². The zero-order chi connectivity index (χ0) is 18.6. The highest BCUT2D eigenvalue weighted by Gasteiger charge is 2.14. The largest absolute Gasteiger partial charge is 0.354 e. The number of hydrogen-bond acceptors (Lipinski definition) is 2. The van der Waals surface area contributed by atoms with Gasteiger partial charge in [0.05, 0.1) is 5.69 Å². The van der Waals surface area contributed by atoms with Crippen LogP contribution in [0.25, 0.3) is 0 Å². The zero-order valence-corrected chi connectivity index (χ0v) is 15.9. The van der Waals surface area contributed by atoms with Crippen LogP contribution in [-0.4, -0.2) is 28.8 Å². The molecule has 0 saturated carbocycles. The van der Waals surface area contributed by atoms with E-state index in [2.05, 4.69) is 34.6 Å². The Morgan fingerprint density at radius 3 is 2.60 bits per heavy atom. The number of hydrogen-bond donors (Lipinski definition) is 2. The summed E-state index contributed by atoms with van der Waals surface area (Å²) in [7, 11) is 3.72. The van der Waals surface area contributed by atoms with Gasteiger partial charge in [-0.3, -0.25) is 9.67 Å². The van der Waals surface area contributed by atoms with E-state index >= 15 is 0 Å². The van der Waals surface area contributed by atoms with E-state index in [4.69, 9.17) is 0 Å². The van der Waals surface area contributed by atoms with Crippen LogP contribution in [0.4, 0.5) is 4.39 Å². The second-order valence-electron chi connectivity index (χ2n) is 6.53. The lowest BCUT2D eigenvalue weighted by atomic mass is 10.1. The molecule has 5 nitrogen and oxygen atoms in total. The van der Waals surface area contributed by atoms with Crippen LogP contribution in [-0.2, 0) is 20.0 Å². The van der Waals surface area contributed by atoms with Crippen LogP contribution in [0.5, 0.6) is 0 Å². The Bertz CT molecular complexity index is 763. The maximum absolute atomic E-state index is 13.3. The second-order valence-corrected chi connectivity index (χ2v) is 6.53. The molecule has 1 atom stereocenters. The lowest BCUT2D eigenvalue weighted by Gasteiger charge is -2.18. The van der Waals surface area contributed by atoms with Gasteiger partial charge in [-0.25, -0.2) is 4.39 Å². The molecule has 0 aliphatic heterocycles. The van der Waals surface area contributed by atoms with Crippen molar-refractivity contribution in [3.63, 3.8) is 0 Å². The second kappa shape index (κ2) is 8.14. The highest BCUT2D eigenvalue weighted by atomic mass is 19.1. The summed E-state index contributed by atoms with van der Waals surface area (Å²) in [5.41, 5.74) is 5.20. The van der Waals surface area contributed by atoms with Crippen molar-refractivity contribution in [2.45, 2.75) is 46.7 Å². The molecule has 136 valence electrons. The maximum atomic E-state index is 13.3. The van der Waals surface area contributed by atoms with Gasteiger partial charge in [-0.05, 0) is 56.9 Å². The smallest absolute Gasteiger partial charge is 0.191 e. The van der Waals surface area contributed by atoms with Crippen molar-refractivity contribution in [3.05, 3.63) is 52.1 Å². The number of rotatable bonds is 5. The molecule has 0 fully saturated rings. The van der Waals surface area contributed by atoms with Crippen LogP contribution < -0.4 is 10.6 Å². The van der Waals surface area contributed by atoms with Crippen LogP contribution in [0.3, 0.4) is 0 Å². The fraction of sp³-hybridized carbons (Fsp3) is 0.474. The summed E-state index contributed by atoms with van der Waals surface area (Å²) in [6.07, 6.45) is 0.877. The summed E-state index contributed by atoms with van der Waals surface area (Å²) in [5.74, 6) is 0.552. The molecule has 0 amide bonds. The van der Waals surface area contributed by atoms with Gasteiger partial charge in [0.1, 0.15) is 5.82 Å². The quantitative estimate of drug-likeness (QED) is 0.647. The molecule has 1 aromatic heterocycles. The first-order valence-corrected chi connectivity index (χ1v) is 8.53. The number of guanidine groups is 1. The standard InChI is InChI=1S/C19H28FN5/c1-12-9-16(7-8-18(12)20)11-22-19(21-5)23-13(2)10-17-14(3)24-25(6)15(17)4/h7-9,13H,10-11H2,1-6H3,(H2,21,22,23). The van der Waals surface area contributed by atoms with Gasteiger partial charge < -0.3 is 10.6 Å².